The summed E-state index contributed by atoms with van der Waals surface area (Å²) in [5.74, 6) is 0. The van der Waals surface area contributed by atoms with Crippen LogP contribution < -0.4 is 5.32 Å². The second-order valence-corrected chi connectivity index (χ2v) is 7.58. The van der Waals surface area contributed by atoms with E-state index in [1.54, 1.807) is 0 Å². The third-order valence-corrected chi connectivity index (χ3v) is 6.29. The Morgan fingerprint density at radius 1 is 1.06 bits per heavy atom. The van der Waals surface area contributed by atoms with Crippen LogP contribution in [0.25, 0.3) is 0 Å². The van der Waals surface area contributed by atoms with Crippen LogP contribution in [-0.4, -0.2) is 36.1 Å². The smallest absolute Gasteiger partial charge is 0.0303 e. The summed E-state index contributed by atoms with van der Waals surface area (Å²) in [6, 6.07) is 0.766. The highest BCUT2D eigenvalue weighted by Gasteiger charge is 2.67. The van der Waals surface area contributed by atoms with Gasteiger partial charge in [-0.05, 0) is 43.2 Å². The van der Waals surface area contributed by atoms with Crippen LogP contribution in [0.1, 0.15) is 60.8 Å². The van der Waals surface area contributed by atoms with Crippen LogP contribution in [-0.2, 0) is 0 Å². The van der Waals surface area contributed by atoms with E-state index in [1.807, 2.05) is 0 Å². The van der Waals surface area contributed by atoms with Crippen LogP contribution in [0.15, 0.2) is 0 Å². The van der Waals surface area contributed by atoms with Crippen molar-refractivity contribution in [1.29, 1.82) is 0 Å². The van der Waals surface area contributed by atoms with Crippen LogP contribution in [0.3, 0.4) is 0 Å². The van der Waals surface area contributed by atoms with Crippen molar-refractivity contribution in [3.8, 4) is 0 Å². The molecule has 0 unspecified atom stereocenters. The van der Waals surface area contributed by atoms with E-state index in [9.17, 15) is 0 Å². The van der Waals surface area contributed by atoms with E-state index in [1.165, 1.54) is 38.9 Å². The molecule has 1 heterocycles. The van der Waals surface area contributed by atoms with Crippen molar-refractivity contribution >= 4 is 0 Å². The molecule has 0 aromatic carbocycles. The monoisotopic (exact) mass is 252 g/mol. The summed E-state index contributed by atoms with van der Waals surface area (Å²) >= 11 is 0. The predicted molar refractivity (Wildman–Crippen MR) is 78.9 cm³/mol. The molecule has 2 nitrogen and oxygen atoms in total. The number of nitrogens with zero attached hydrogens (tertiary/aromatic N) is 1. The second-order valence-electron chi connectivity index (χ2n) is 7.58. The first-order valence-corrected chi connectivity index (χ1v) is 7.80. The average molecular weight is 252 g/mol. The molecule has 0 amide bonds. The molecule has 0 spiro atoms. The van der Waals surface area contributed by atoms with E-state index in [2.05, 4.69) is 51.8 Å². The Hall–Kier alpha value is -0.0800. The predicted octanol–water partition coefficient (Wildman–Crippen LogP) is 3.28. The van der Waals surface area contributed by atoms with E-state index >= 15 is 0 Å². The molecule has 0 aromatic rings. The largest absolute Gasteiger partial charge is 0.310 e. The van der Waals surface area contributed by atoms with Gasteiger partial charge in [0.1, 0.15) is 0 Å². The molecular weight excluding hydrogens is 220 g/mol. The molecule has 1 N–H and O–H groups in total. The molecule has 1 saturated carbocycles. The van der Waals surface area contributed by atoms with E-state index in [0.29, 0.717) is 16.4 Å². The van der Waals surface area contributed by atoms with Crippen molar-refractivity contribution in [2.24, 2.45) is 10.8 Å². The van der Waals surface area contributed by atoms with Gasteiger partial charge in [-0.2, -0.15) is 0 Å². The molecule has 0 bridgehead atoms. The molecule has 0 atom stereocenters. The van der Waals surface area contributed by atoms with Crippen LogP contribution in [0, 0.1) is 10.8 Å². The van der Waals surface area contributed by atoms with Crippen LogP contribution >= 0.6 is 0 Å². The number of rotatable bonds is 3. The Bertz CT molecular complexity index is 288. The molecule has 0 radical (unpaired) electrons. The Morgan fingerprint density at radius 3 is 2.06 bits per heavy atom. The highest BCUT2D eigenvalue weighted by molar-refractivity contribution is 5.19. The summed E-state index contributed by atoms with van der Waals surface area (Å²) in [5.41, 5.74) is 1.31. The van der Waals surface area contributed by atoms with E-state index in [-0.39, 0.29) is 0 Å². The maximum Gasteiger partial charge on any atom is 0.0303 e. The van der Waals surface area contributed by atoms with Gasteiger partial charge in [-0.1, -0.05) is 41.5 Å². The van der Waals surface area contributed by atoms with E-state index in [4.69, 9.17) is 0 Å². The van der Waals surface area contributed by atoms with Crippen LogP contribution in [0.5, 0.6) is 0 Å². The third kappa shape index (κ3) is 2.02. The minimum Gasteiger partial charge on any atom is -0.310 e. The number of nitrogens with one attached hydrogen (secondary N) is 1. The van der Waals surface area contributed by atoms with Gasteiger partial charge >= 0.3 is 0 Å². The standard InChI is InChI=1S/C16H32N2/c1-7-16(8-2)12-18(11-9-10-17-16)13-14(3,4)15(13,5)6/h13,17H,7-12H2,1-6H3. The van der Waals surface area contributed by atoms with Gasteiger partial charge in [0.05, 0.1) is 0 Å². The van der Waals surface area contributed by atoms with Gasteiger partial charge in [0.2, 0.25) is 0 Å². The van der Waals surface area contributed by atoms with Gasteiger partial charge < -0.3 is 5.32 Å². The minimum atomic E-state index is 0.352. The normalized spacial score (nSPS) is 31.0. The lowest BCUT2D eigenvalue weighted by atomic mass is 9.92. The van der Waals surface area contributed by atoms with Crippen molar-refractivity contribution in [1.82, 2.24) is 10.2 Å². The summed E-state index contributed by atoms with van der Waals surface area (Å²) in [6.07, 6.45) is 3.78. The Kier molecular flexibility index (Phi) is 3.57. The van der Waals surface area contributed by atoms with Gasteiger partial charge in [-0.3, -0.25) is 4.90 Å². The third-order valence-electron chi connectivity index (χ3n) is 6.29. The van der Waals surface area contributed by atoms with E-state index in [0.717, 1.165) is 6.04 Å². The molecule has 0 aromatic heterocycles. The Labute approximate surface area is 114 Å². The SMILES string of the molecule is CCC1(CC)CN(C2C(C)(C)C2(C)C)CCCN1. The Morgan fingerprint density at radius 2 is 1.61 bits per heavy atom. The van der Waals surface area contributed by atoms with Crippen molar-refractivity contribution in [2.75, 3.05) is 19.6 Å². The molecule has 2 heteroatoms. The van der Waals surface area contributed by atoms with Crippen molar-refractivity contribution in [3.63, 3.8) is 0 Å². The molecule has 2 rings (SSSR count). The average Bonchev–Trinajstić information content (AvgIpc) is 2.82. The summed E-state index contributed by atoms with van der Waals surface area (Å²) in [4.78, 5) is 2.78. The molecular formula is C16H32N2. The zero-order chi connectivity index (χ0) is 13.6. The highest BCUT2D eigenvalue weighted by atomic mass is 15.3. The first kappa shape index (κ1) is 14.3. The molecule has 18 heavy (non-hydrogen) atoms. The molecule has 1 aliphatic heterocycles. The number of hydrogen-bond acceptors (Lipinski definition) is 2. The quantitative estimate of drug-likeness (QED) is 0.829. The summed E-state index contributed by atoms with van der Waals surface area (Å²) in [6.45, 7) is 18.1. The lowest BCUT2D eigenvalue weighted by molar-refractivity contribution is 0.168. The van der Waals surface area contributed by atoms with Gasteiger partial charge in [0.25, 0.3) is 0 Å². The lowest BCUT2D eigenvalue weighted by Crippen LogP contribution is -2.51. The van der Waals surface area contributed by atoms with E-state index < -0.39 is 0 Å². The van der Waals surface area contributed by atoms with Gasteiger partial charge in [-0.15, -0.1) is 0 Å². The van der Waals surface area contributed by atoms with Gasteiger partial charge in [0.15, 0.2) is 0 Å². The summed E-state index contributed by atoms with van der Waals surface area (Å²) in [5, 5.41) is 3.82. The highest BCUT2D eigenvalue weighted by Crippen LogP contribution is 2.65. The maximum atomic E-state index is 3.82. The molecule has 1 aliphatic carbocycles. The molecule has 1 saturated heterocycles. The van der Waals surface area contributed by atoms with Crippen molar-refractivity contribution < 1.29 is 0 Å². The van der Waals surface area contributed by atoms with Crippen LogP contribution in [0.2, 0.25) is 0 Å². The van der Waals surface area contributed by atoms with Crippen molar-refractivity contribution in [2.45, 2.75) is 72.4 Å². The van der Waals surface area contributed by atoms with Crippen molar-refractivity contribution in [3.05, 3.63) is 0 Å². The topological polar surface area (TPSA) is 15.3 Å². The fraction of sp³-hybridized carbons (Fsp3) is 1.00. The van der Waals surface area contributed by atoms with Gasteiger partial charge in [0, 0.05) is 18.1 Å². The van der Waals surface area contributed by atoms with Crippen LogP contribution in [0.4, 0.5) is 0 Å². The van der Waals surface area contributed by atoms with Gasteiger partial charge in [-0.25, -0.2) is 0 Å². The fourth-order valence-corrected chi connectivity index (χ4v) is 4.18. The molecule has 2 fully saturated rings. The zero-order valence-corrected chi connectivity index (χ0v) is 13.3. The molecule has 2 aliphatic rings. The second kappa shape index (κ2) is 4.49. The zero-order valence-electron chi connectivity index (χ0n) is 13.3. The lowest BCUT2D eigenvalue weighted by Gasteiger charge is -2.36. The summed E-state index contributed by atoms with van der Waals surface area (Å²) in [7, 11) is 0. The maximum absolute atomic E-state index is 3.82. The molecule has 106 valence electrons. The summed E-state index contributed by atoms with van der Waals surface area (Å²) < 4.78 is 0. The number of hydrogen-bond donors (Lipinski definition) is 1. The Balaban J connectivity index is 2.15. The fourth-order valence-electron chi connectivity index (χ4n) is 4.18. The first-order chi connectivity index (χ1) is 8.31. The first-order valence-electron chi connectivity index (χ1n) is 7.80. The minimum absolute atomic E-state index is 0.352.